The predicted molar refractivity (Wildman–Crippen MR) is 104 cm³/mol. The lowest BCUT2D eigenvalue weighted by Crippen LogP contribution is -2.39. The van der Waals surface area contributed by atoms with E-state index in [1.807, 2.05) is 6.33 Å². The van der Waals surface area contributed by atoms with E-state index in [2.05, 4.69) is 19.9 Å². The number of anilines is 2. The maximum Gasteiger partial charge on any atom is 0.421 e. The van der Waals surface area contributed by atoms with Crippen LogP contribution in [0.3, 0.4) is 0 Å². The van der Waals surface area contributed by atoms with Crippen LogP contribution in [0.5, 0.6) is 0 Å². The van der Waals surface area contributed by atoms with E-state index in [0.29, 0.717) is 11.1 Å². The van der Waals surface area contributed by atoms with Crippen molar-refractivity contribution in [3.8, 4) is 0 Å². The quantitative estimate of drug-likeness (QED) is 0.666. The van der Waals surface area contributed by atoms with Crippen LogP contribution < -0.4 is 9.21 Å². The molecule has 0 aliphatic carbocycles. The van der Waals surface area contributed by atoms with Gasteiger partial charge in [0.2, 0.25) is 10.0 Å². The van der Waals surface area contributed by atoms with Crippen LogP contribution in [0.4, 0.5) is 29.6 Å². The van der Waals surface area contributed by atoms with Crippen LogP contribution in [0, 0.1) is 6.33 Å². The molecule has 1 amide bonds. The number of nitrogens with zero attached hydrogens (tertiary/aromatic N) is 6. The van der Waals surface area contributed by atoms with Gasteiger partial charge in [-0.05, 0) is 20.8 Å². The van der Waals surface area contributed by atoms with E-state index in [0.717, 1.165) is 10.6 Å². The summed E-state index contributed by atoms with van der Waals surface area (Å²) < 4.78 is 70.4. The molecule has 169 valence electrons. The minimum Gasteiger partial charge on any atom is -0.443 e. The molecule has 0 aromatic carbocycles. The average molecular weight is 461 g/mol. The van der Waals surface area contributed by atoms with Crippen molar-refractivity contribution < 1.29 is 31.1 Å². The summed E-state index contributed by atoms with van der Waals surface area (Å²) in [5, 5.41) is 0. The van der Waals surface area contributed by atoms with Gasteiger partial charge in [0, 0.05) is 25.6 Å². The van der Waals surface area contributed by atoms with Crippen LogP contribution in [0.25, 0.3) is 0 Å². The molecule has 2 aromatic heterocycles. The first-order chi connectivity index (χ1) is 14.1. The summed E-state index contributed by atoms with van der Waals surface area (Å²) >= 11 is 0. The number of rotatable bonds is 5. The largest absolute Gasteiger partial charge is 0.443 e. The molecule has 14 heteroatoms. The highest BCUT2D eigenvalue weighted by molar-refractivity contribution is 7.92. The smallest absolute Gasteiger partial charge is 0.421 e. The maximum atomic E-state index is 13.5. The Bertz CT molecular complexity index is 1060. The topological polar surface area (TPSA) is 118 Å². The fourth-order valence-electron chi connectivity index (χ4n) is 2.28. The first-order valence-electron chi connectivity index (χ1n) is 8.66. The van der Waals surface area contributed by atoms with E-state index in [1.54, 1.807) is 0 Å². The van der Waals surface area contributed by atoms with Crippen molar-refractivity contribution in [1.29, 1.82) is 0 Å². The van der Waals surface area contributed by atoms with Gasteiger partial charge in [0.15, 0.2) is 18.0 Å². The Morgan fingerprint density at radius 1 is 1.16 bits per heavy atom. The van der Waals surface area contributed by atoms with Gasteiger partial charge in [-0.15, -0.1) is 0 Å². The summed E-state index contributed by atoms with van der Waals surface area (Å²) in [6.45, 7) is 3.98. The molecule has 2 heterocycles. The summed E-state index contributed by atoms with van der Waals surface area (Å²) in [4.78, 5) is 28.1. The Morgan fingerprint density at radius 3 is 2.32 bits per heavy atom. The fourth-order valence-corrected chi connectivity index (χ4v) is 2.74. The SMILES string of the molecule is CN(c1nccnc1CN(C(=O)OC(C)(C)C)c1n[c]ncc1C(F)(F)F)S(C)(=O)=O. The summed E-state index contributed by atoms with van der Waals surface area (Å²) in [5.41, 5.74) is -2.45. The lowest BCUT2D eigenvalue weighted by Gasteiger charge is -2.28. The van der Waals surface area contributed by atoms with Gasteiger partial charge >= 0.3 is 12.3 Å². The molecule has 0 saturated carbocycles. The molecule has 0 fully saturated rings. The molecular formula is C17H20F3N6O4S. The molecular weight excluding hydrogens is 441 g/mol. The Labute approximate surface area is 177 Å². The molecule has 1 radical (unpaired) electrons. The number of alkyl halides is 3. The summed E-state index contributed by atoms with van der Waals surface area (Å²) in [7, 11) is -2.58. The van der Waals surface area contributed by atoms with Gasteiger partial charge in [-0.3, -0.25) is 14.2 Å². The number of aromatic nitrogens is 4. The van der Waals surface area contributed by atoms with Crippen molar-refractivity contribution in [3.63, 3.8) is 0 Å². The van der Waals surface area contributed by atoms with Gasteiger partial charge in [-0.2, -0.15) is 13.2 Å². The lowest BCUT2D eigenvalue weighted by molar-refractivity contribution is -0.137. The Hall–Kier alpha value is -3.03. The molecule has 31 heavy (non-hydrogen) atoms. The van der Waals surface area contributed by atoms with Crippen molar-refractivity contribution >= 4 is 27.8 Å². The highest BCUT2D eigenvalue weighted by Gasteiger charge is 2.39. The second kappa shape index (κ2) is 8.61. The molecule has 0 aliphatic rings. The molecule has 0 unspecified atom stereocenters. The molecule has 10 nitrogen and oxygen atoms in total. The summed E-state index contributed by atoms with van der Waals surface area (Å²) in [6, 6.07) is 0. The summed E-state index contributed by atoms with van der Waals surface area (Å²) in [6.07, 6.45) is -0.225. The number of ether oxygens (including phenoxy) is 1. The molecule has 0 N–H and O–H groups in total. The zero-order chi connectivity index (χ0) is 23.6. The molecule has 2 rings (SSSR count). The van der Waals surface area contributed by atoms with Gasteiger partial charge in [0.1, 0.15) is 16.9 Å². The molecule has 0 spiro atoms. The van der Waals surface area contributed by atoms with Gasteiger partial charge in [0.05, 0.1) is 12.8 Å². The molecule has 0 saturated heterocycles. The van der Waals surface area contributed by atoms with Crippen molar-refractivity contribution in [1.82, 2.24) is 19.9 Å². The molecule has 0 aliphatic heterocycles. The maximum absolute atomic E-state index is 13.5. The van der Waals surface area contributed by atoms with Crippen molar-refractivity contribution in [2.24, 2.45) is 0 Å². The van der Waals surface area contributed by atoms with Crippen LogP contribution in [0.1, 0.15) is 32.0 Å². The van der Waals surface area contributed by atoms with Crippen molar-refractivity contribution in [3.05, 3.63) is 36.2 Å². The third-order valence-corrected chi connectivity index (χ3v) is 4.85. The zero-order valence-electron chi connectivity index (χ0n) is 17.3. The number of hydrogen-bond acceptors (Lipinski definition) is 8. The Kier molecular flexibility index (Phi) is 6.73. The predicted octanol–water partition coefficient (Wildman–Crippen LogP) is 2.42. The highest BCUT2D eigenvalue weighted by atomic mass is 32.2. The van der Waals surface area contributed by atoms with Gasteiger partial charge in [-0.1, -0.05) is 0 Å². The number of carbonyl (C=O) groups is 1. The normalized spacial score (nSPS) is 12.4. The van der Waals surface area contributed by atoms with Crippen LogP contribution >= 0.6 is 0 Å². The standard InChI is InChI=1S/C17H20F3N6O4S/c1-16(2,3)30-15(27)26(13-11(17(18,19)20)8-21-10-24-13)9-12-14(23-7-6-22-12)25(4)31(5,28)29/h6-8H,9H2,1-5H3. The Morgan fingerprint density at radius 2 is 1.77 bits per heavy atom. The third kappa shape index (κ3) is 6.23. The van der Waals surface area contributed by atoms with E-state index in [9.17, 15) is 26.4 Å². The second-order valence-electron chi connectivity index (χ2n) is 7.33. The molecule has 2 aromatic rings. The fraction of sp³-hybridized carbons (Fsp3) is 0.471. The monoisotopic (exact) mass is 461 g/mol. The van der Waals surface area contributed by atoms with Gasteiger partial charge in [-0.25, -0.2) is 28.2 Å². The van der Waals surface area contributed by atoms with Gasteiger partial charge < -0.3 is 4.74 Å². The van der Waals surface area contributed by atoms with Gasteiger partial charge in [0.25, 0.3) is 0 Å². The second-order valence-corrected chi connectivity index (χ2v) is 9.34. The third-order valence-electron chi connectivity index (χ3n) is 3.68. The van der Waals surface area contributed by atoms with Crippen LogP contribution in [0.2, 0.25) is 0 Å². The minimum absolute atomic E-state index is 0.104. The number of halogens is 3. The van der Waals surface area contributed by atoms with E-state index >= 15 is 0 Å². The lowest BCUT2D eigenvalue weighted by atomic mass is 10.2. The van der Waals surface area contributed by atoms with Crippen molar-refractivity contribution in [2.75, 3.05) is 22.5 Å². The summed E-state index contributed by atoms with van der Waals surface area (Å²) in [5.74, 6) is -1.000. The average Bonchev–Trinajstić information content (AvgIpc) is 2.63. The van der Waals surface area contributed by atoms with Crippen LogP contribution in [-0.2, 0) is 27.5 Å². The van der Waals surface area contributed by atoms with E-state index < -0.39 is 45.8 Å². The van der Waals surface area contributed by atoms with Crippen LogP contribution in [0.15, 0.2) is 18.6 Å². The minimum atomic E-state index is -4.89. The zero-order valence-corrected chi connectivity index (χ0v) is 18.1. The first kappa shape index (κ1) is 24.2. The number of amides is 1. The van der Waals surface area contributed by atoms with E-state index in [1.165, 1.54) is 40.2 Å². The molecule has 0 atom stereocenters. The Balaban J connectivity index is 2.62. The van der Waals surface area contributed by atoms with Crippen molar-refractivity contribution in [2.45, 2.75) is 39.1 Å². The number of hydrogen-bond donors (Lipinski definition) is 0. The van der Waals surface area contributed by atoms with Crippen LogP contribution in [-0.4, -0.2) is 53.4 Å². The first-order valence-corrected chi connectivity index (χ1v) is 10.5. The molecule has 0 bridgehead atoms. The van der Waals surface area contributed by atoms with E-state index in [-0.39, 0.29) is 11.5 Å². The van der Waals surface area contributed by atoms with E-state index in [4.69, 9.17) is 4.74 Å². The number of sulfonamides is 1. The highest BCUT2D eigenvalue weighted by Crippen LogP contribution is 2.36. The number of carbonyl (C=O) groups excluding carboxylic acids is 1.